The molecular formula is C23H29BrN2O5S. The minimum Gasteiger partial charge on any atom is -0.493 e. The quantitative estimate of drug-likeness (QED) is 0.474. The number of hydrogen-bond acceptors (Lipinski definition) is 5. The first kappa shape index (κ1) is 24.7. The predicted molar refractivity (Wildman–Crippen MR) is 128 cm³/mol. The smallest absolute Gasteiger partial charge is 0.259 e. The maximum absolute atomic E-state index is 12.9. The fourth-order valence-corrected chi connectivity index (χ4v) is 4.64. The highest BCUT2D eigenvalue weighted by molar-refractivity contribution is 9.10. The fourth-order valence-electron chi connectivity index (χ4n) is 3.22. The fraction of sp³-hybridized carbons (Fsp3) is 0.435. The van der Waals surface area contributed by atoms with E-state index in [4.69, 9.17) is 9.47 Å². The third-order valence-electron chi connectivity index (χ3n) is 5.09. The van der Waals surface area contributed by atoms with Crippen LogP contribution in [0.3, 0.4) is 0 Å². The van der Waals surface area contributed by atoms with E-state index in [1.807, 2.05) is 6.07 Å². The van der Waals surface area contributed by atoms with E-state index in [0.29, 0.717) is 36.1 Å². The molecule has 9 heteroatoms. The Hall–Kier alpha value is -1.94. The van der Waals surface area contributed by atoms with Crippen LogP contribution in [-0.2, 0) is 14.8 Å². The highest BCUT2D eigenvalue weighted by Crippen LogP contribution is 2.25. The molecule has 2 N–H and O–H groups in total. The number of ether oxygens (including phenoxy) is 2. The van der Waals surface area contributed by atoms with Crippen LogP contribution in [0.2, 0.25) is 0 Å². The maximum atomic E-state index is 12.9. The molecule has 1 aliphatic heterocycles. The highest BCUT2D eigenvalue weighted by atomic mass is 79.9. The van der Waals surface area contributed by atoms with Crippen molar-refractivity contribution in [1.82, 2.24) is 4.72 Å². The zero-order chi connectivity index (χ0) is 23.1. The van der Waals surface area contributed by atoms with Crippen LogP contribution < -0.4 is 14.8 Å². The average molecular weight is 525 g/mol. The normalized spacial score (nSPS) is 16.3. The molecule has 174 valence electrons. The van der Waals surface area contributed by atoms with Gasteiger partial charge >= 0.3 is 0 Å². The standard InChI is InChI=1S/C23H29BrN2O5S/c1-16(2)11-13-31-22-10-5-17(24)14-21(22)23(27)26-18-6-8-20(9-7-18)32(28,29)25-15-19-4-3-12-30-19/h5-10,14,16,19,25H,3-4,11-13,15H2,1-2H3,(H,26,27). The molecule has 0 aromatic heterocycles. The monoisotopic (exact) mass is 524 g/mol. The van der Waals surface area contributed by atoms with Crippen molar-refractivity contribution in [3.8, 4) is 5.75 Å². The van der Waals surface area contributed by atoms with Crippen molar-refractivity contribution < 1.29 is 22.7 Å². The Morgan fingerprint density at radius 1 is 1.22 bits per heavy atom. The first-order valence-corrected chi connectivity index (χ1v) is 13.0. The summed E-state index contributed by atoms with van der Waals surface area (Å²) in [4.78, 5) is 13.0. The first-order chi connectivity index (χ1) is 15.2. The predicted octanol–water partition coefficient (Wildman–Crippen LogP) is 4.58. The summed E-state index contributed by atoms with van der Waals surface area (Å²) in [6.45, 7) is 5.67. The van der Waals surface area contributed by atoms with Crippen LogP contribution in [0.5, 0.6) is 5.75 Å². The van der Waals surface area contributed by atoms with Crippen molar-refractivity contribution in [2.45, 2.75) is 44.1 Å². The second kappa shape index (κ2) is 11.3. The third kappa shape index (κ3) is 7.03. The second-order valence-corrected chi connectivity index (χ2v) is 10.8. The van der Waals surface area contributed by atoms with Crippen molar-refractivity contribution in [2.24, 2.45) is 5.92 Å². The lowest BCUT2D eigenvalue weighted by molar-refractivity contribution is 0.102. The van der Waals surface area contributed by atoms with Gasteiger partial charge in [0.25, 0.3) is 5.91 Å². The molecule has 1 fully saturated rings. The van der Waals surface area contributed by atoms with Gasteiger partial charge in [-0.3, -0.25) is 4.79 Å². The largest absolute Gasteiger partial charge is 0.493 e. The molecule has 1 atom stereocenters. The number of anilines is 1. The summed E-state index contributed by atoms with van der Waals surface area (Å²) >= 11 is 3.39. The van der Waals surface area contributed by atoms with Gasteiger partial charge in [0.05, 0.1) is 23.2 Å². The number of carbonyl (C=O) groups is 1. The number of benzene rings is 2. The number of nitrogens with one attached hydrogen (secondary N) is 2. The summed E-state index contributed by atoms with van der Waals surface area (Å²) in [5.74, 6) is 0.666. The van der Waals surface area contributed by atoms with Crippen LogP contribution in [-0.4, -0.2) is 40.2 Å². The SMILES string of the molecule is CC(C)CCOc1ccc(Br)cc1C(=O)Nc1ccc(S(=O)(=O)NCC2CCCO2)cc1. The summed E-state index contributed by atoms with van der Waals surface area (Å²) in [5.41, 5.74) is 0.888. The van der Waals surface area contributed by atoms with Gasteiger partial charge in [-0.25, -0.2) is 13.1 Å². The lowest BCUT2D eigenvalue weighted by Crippen LogP contribution is -2.31. The van der Waals surface area contributed by atoms with Crippen LogP contribution >= 0.6 is 15.9 Å². The molecule has 0 spiro atoms. The van der Waals surface area contributed by atoms with E-state index in [1.165, 1.54) is 12.1 Å². The molecule has 1 unspecified atom stereocenters. The van der Waals surface area contributed by atoms with Crippen LogP contribution in [0.15, 0.2) is 51.8 Å². The van der Waals surface area contributed by atoms with Gasteiger partial charge in [0.2, 0.25) is 10.0 Å². The molecule has 1 heterocycles. The van der Waals surface area contributed by atoms with Gasteiger partial charge in [-0.05, 0) is 67.6 Å². The van der Waals surface area contributed by atoms with E-state index >= 15 is 0 Å². The Balaban J connectivity index is 1.64. The molecule has 7 nitrogen and oxygen atoms in total. The minimum atomic E-state index is -3.64. The minimum absolute atomic E-state index is 0.0783. The summed E-state index contributed by atoms with van der Waals surface area (Å²) in [6.07, 6.45) is 2.61. The van der Waals surface area contributed by atoms with Gasteiger partial charge < -0.3 is 14.8 Å². The molecule has 32 heavy (non-hydrogen) atoms. The van der Waals surface area contributed by atoms with Crippen LogP contribution in [0.4, 0.5) is 5.69 Å². The zero-order valence-electron chi connectivity index (χ0n) is 18.3. The van der Waals surface area contributed by atoms with E-state index < -0.39 is 10.0 Å². The lowest BCUT2D eigenvalue weighted by atomic mass is 10.1. The molecule has 1 amide bonds. The number of carbonyl (C=O) groups excluding carboxylic acids is 1. The Labute approximate surface area is 198 Å². The van der Waals surface area contributed by atoms with Gasteiger partial charge in [-0.15, -0.1) is 0 Å². The Morgan fingerprint density at radius 3 is 2.62 bits per heavy atom. The van der Waals surface area contributed by atoms with Crippen molar-refractivity contribution >= 4 is 37.5 Å². The Bertz CT molecular complexity index is 1020. The van der Waals surface area contributed by atoms with Crippen molar-refractivity contribution in [3.63, 3.8) is 0 Å². The van der Waals surface area contributed by atoms with Crippen molar-refractivity contribution in [1.29, 1.82) is 0 Å². The molecule has 0 radical (unpaired) electrons. The van der Waals surface area contributed by atoms with Gasteiger partial charge in [0.15, 0.2) is 0 Å². The van der Waals surface area contributed by atoms with Gasteiger partial charge in [-0.1, -0.05) is 29.8 Å². The number of amides is 1. The van der Waals surface area contributed by atoms with Crippen molar-refractivity contribution in [2.75, 3.05) is 25.1 Å². The Morgan fingerprint density at radius 2 is 1.97 bits per heavy atom. The summed E-state index contributed by atoms with van der Waals surface area (Å²) in [5, 5.41) is 2.81. The average Bonchev–Trinajstić information content (AvgIpc) is 3.27. The number of hydrogen-bond donors (Lipinski definition) is 2. The number of halogens is 1. The molecular weight excluding hydrogens is 496 g/mol. The summed E-state index contributed by atoms with van der Waals surface area (Å²) in [7, 11) is -3.64. The van der Waals surface area contributed by atoms with Crippen LogP contribution in [0, 0.1) is 5.92 Å². The number of rotatable bonds is 10. The second-order valence-electron chi connectivity index (χ2n) is 8.14. The molecule has 2 aromatic carbocycles. The van der Waals surface area contributed by atoms with Gasteiger partial charge in [0, 0.05) is 23.3 Å². The van der Waals surface area contributed by atoms with E-state index in [-0.39, 0.29) is 23.5 Å². The summed E-state index contributed by atoms with van der Waals surface area (Å²) < 4.78 is 39.6. The lowest BCUT2D eigenvalue weighted by Gasteiger charge is -2.14. The van der Waals surface area contributed by atoms with Gasteiger partial charge in [-0.2, -0.15) is 0 Å². The van der Waals surface area contributed by atoms with Gasteiger partial charge in [0.1, 0.15) is 5.75 Å². The van der Waals surface area contributed by atoms with E-state index in [1.54, 1.807) is 24.3 Å². The Kier molecular flexibility index (Phi) is 8.70. The molecule has 1 aliphatic rings. The third-order valence-corrected chi connectivity index (χ3v) is 7.02. The van der Waals surface area contributed by atoms with E-state index in [2.05, 4.69) is 39.8 Å². The molecule has 1 saturated heterocycles. The molecule has 3 rings (SSSR count). The molecule has 0 saturated carbocycles. The molecule has 0 aliphatic carbocycles. The molecule has 0 bridgehead atoms. The van der Waals surface area contributed by atoms with Crippen molar-refractivity contribution in [3.05, 3.63) is 52.5 Å². The molecule has 2 aromatic rings. The van der Waals surface area contributed by atoms with Crippen LogP contribution in [0.25, 0.3) is 0 Å². The van der Waals surface area contributed by atoms with E-state index in [9.17, 15) is 13.2 Å². The number of sulfonamides is 1. The highest BCUT2D eigenvalue weighted by Gasteiger charge is 2.20. The zero-order valence-corrected chi connectivity index (χ0v) is 20.7. The maximum Gasteiger partial charge on any atom is 0.259 e. The first-order valence-electron chi connectivity index (χ1n) is 10.7. The topological polar surface area (TPSA) is 93.7 Å². The van der Waals surface area contributed by atoms with E-state index in [0.717, 1.165) is 23.7 Å². The van der Waals surface area contributed by atoms with Crippen LogP contribution in [0.1, 0.15) is 43.5 Å². The summed E-state index contributed by atoms with van der Waals surface area (Å²) in [6, 6.07) is 11.3.